The molecule has 182 valence electrons. The standard InChI is InChI=1S/C25H23F3N4O3/c1-14-10-31(13-29-14)20-5-4-16(6-22(20)33-3)7-23-25-30-34-12-21(32(25)11-15(2)35-23)17-8-18(26)24(28)19(27)9-17/h4-10,13,15,21H,11-12H2,1-3H3. The molecule has 0 spiro atoms. The van der Waals surface area contributed by atoms with E-state index in [0.29, 0.717) is 23.9 Å². The molecule has 35 heavy (non-hydrogen) atoms. The van der Waals surface area contributed by atoms with Gasteiger partial charge < -0.3 is 23.8 Å². The predicted molar refractivity (Wildman–Crippen MR) is 123 cm³/mol. The first kappa shape index (κ1) is 22.8. The van der Waals surface area contributed by atoms with Gasteiger partial charge in [0.25, 0.3) is 0 Å². The zero-order valence-corrected chi connectivity index (χ0v) is 19.3. The Balaban J connectivity index is 1.49. The minimum Gasteiger partial charge on any atom is -0.495 e. The lowest BCUT2D eigenvalue weighted by atomic mass is 10.0. The fourth-order valence-corrected chi connectivity index (χ4v) is 4.29. The number of ether oxygens (including phenoxy) is 2. The van der Waals surface area contributed by atoms with Gasteiger partial charge in [0.15, 0.2) is 23.2 Å². The number of benzene rings is 2. The maximum Gasteiger partial charge on any atom is 0.211 e. The number of morpholine rings is 1. The molecule has 0 amide bonds. The molecule has 7 nitrogen and oxygen atoms in total. The largest absolute Gasteiger partial charge is 0.495 e. The maximum absolute atomic E-state index is 13.9. The van der Waals surface area contributed by atoms with E-state index in [1.54, 1.807) is 19.5 Å². The van der Waals surface area contributed by atoms with Gasteiger partial charge in [-0.3, -0.25) is 0 Å². The molecule has 2 unspecified atom stereocenters. The van der Waals surface area contributed by atoms with E-state index in [4.69, 9.17) is 14.3 Å². The monoisotopic (exact) mass is 484 g/mol. The quantitative estimate of drug-likeness (QED) is 0.500. The number of aryl methyl sites for hydroxylation is 1. The predicted octanol–water partition coefficient (Wildman–Crippen LogP) is 4.75. The Kier molecular flexibility index (Phi) is 5.88. The summed E-state index contributed by atoms with van der Waals surface area (Å²) in [6, 6.07) is 7.07. The van der Waals surface area contributed by atoms with Gasteiger partial charge in [0.2, 0.25) is 5.84 Å². The number of hydrogen-bond acceptors (Lipinski definition) is 6. The van der Waals surface area contributed by atoms with E-state index in [2.05, 4.69) is 10.1 Å². The lowest BCUT2D eigenvalue weighted by Crippen LogP contribution is -2.49. The normalized spacial score (nSPS) is 20.7. The lowest BCUT2D eigenvalue weighted by Gasteiger charge is -2.42. The summed E-state index contributed by atoms with van der Waals surface area (Å²) in [6.07, 6.45) is 5.16. The summed E-state index contributed by atoms with van der Waals surface area (Å²) in [5, 5.41) is 4.16. The Morgan fingerprint density at radius 2 is 1.91 bits per heavy atom. The first-order valence-corrected chi connectivity index (χ1v) is 11.0. The van der Waals surface area contributed by atoms with Crippen molar-refractivity contribution in [3.05, 3.63) is 82.9 Å². The Morgan fingerprint density at radius 3 is 2.60 bits per heavy atom. The zero-order chi connectivity index (χ0) is 24.7. The summed E-state index contributed by atoms with van der Waals surface area (Å²) in [4.78, 5) is 11.5. The van der Waals surface area contributed by atoms with Crippen LogP contribution >= 0.6 is 0 Å². The number of hydrogen-bond donors (Lipinski definition) is 0. The average Bonchev–Trinajstić information content (AvgIpc) is 3.27. The third-order valence-electron chi connectivity index (χ3n) is 5.92. The number of rotatable bonds is 4. The van der Waals surface area contributed by atoms with Crippen LogP contribution < -0.4 is 4.74 Å². The molecule has 2 aromatic carbocycles. The van der Waals surface area contributed by atoms with Crippen molar-refractivity contribution in [2.24, 2.45) is 5.16 Å². The van der Waals surface area contributed by atoms with Crippen molar-refractivity contribution in [2.75, 3.05) is 20.3 Å². The number of aromatic nitrogens is 2. The van der Waals surface area contributed by atoms with Gasteiger partial charge in [-0.05, 0) is 55.3 Å². The minimum absolute atomic E-state index is 0.0564. The summed E-state index contributed by atoms with van der Waals surface area (Å²) in [5.74, 6) is -2.54. The van der Waals surface area contributed by atoms with Crippen LogP contribution in [0.2, 0.25) is 0 Å². The molecule has 0 radical (unpaired) electrons. The SMILES string of the molecule is COc1cc(C=C2OC(C)CN3C2=NOCC3c2cc(F)c(F)c(F)c2)ccc1-n1cnc(C)c1. The molecule has 0 aliphatic carbocycles. The van der Waals surface area contributed by atoms with Gasteiger partial charge in [0.05, 0.1) is 37.4 Å². The zero-order valence-electron chi connectivity index (χ0n) is 19.3. The number of nitrogens with zero attached hydrogens (tertiary/aromatic N) is 4. The maximum atomic E-state index is 13.9. The summed E-state index contributed by atoms with van der Waals surface area (Å²) in [5.41, 5.74) is 2.75. The molecule has 1 aromatic heterocycles. The summed E-state index contributed by atoms with van der Waals surface area (Å²) < 4.78 is 54.9. The van der Waals surface area contributed by atoms with Crippen LogP contribution in [0.25, 0.3) is 11.8 Å². The van der Waals surface area contributed by atoms with E-state index in [-0.39, 0.29) is 18.3 Å². The van der Waals surface area contributed by atoms with Crippen LogP contribution in [0, 0.1) is 24.4 Å². The number of fused-ring (bicyclic) bond motifs is 1. The van der Waals surface area contributed by atoms with Crippen LogP contribution in [0.15, 0.2) is 53.8 Å². The molecule has 3 aromatic rings. The Morgan fingerprint density at radius 1 is 1.14 bits per heavy atom. The molecule has 3 heterocycles. The van der Waals surface area contributed by atoms with Crippen LogP contribution in [-0.4, -0.2) is 46.7 Å². The topological polar surface area (TPSA) is 61.1 Å². The lowest BCUT2D eigenvalue weighted by molar-refractivity contribution is 0.0121. The molecule has 10 heteroatoms. The molecule has 5 rings (SSSR count). The van der Waals surface area contributed by atoms with Crippen molar-refractivity contribution in [3.63, 3.8) is 0 Å². The van der Waals surface area contributed by atoms with Crippen molar-refractivity contribution in [1.82, 2.24) is 14.5 Å². The van der Waals surface area contributed by atoms with Crippen LogP contribution in [0.5, 0.6) is 5.75 Å². The molecule has 0 bridgehead atoms. The Labute approximate surface area is 200 Å². The van der Waals surface area contributed by atoms with E-state index < -0.39 is 23.5 Å². The Hall–Kier alpha value is -3.95. The molecule has 0 saturated carbocycles. The fourth-order valence-electron chi connectivity index (χ4n) is 4.29. The second-order valence-electron chi connectivity index (χ2n) is 8.47. The Bertz CT molecular complexity index is 1310. The molecular weight excluding hydrogens is 461 g/mol. The van der Waals surface area contributed by atoms with Crippen molar-refractivity contribution in [1.29, 1.82) is 0 Å². The average molecular weight is 484 g/mol. The highest BCUT2D eigenvalue weighted by molar-refractivity contribution is 6.01. The number of amidine groups is 1. The van der Waals surface area contributed by atoms with Gasteiger partial charge in [0, 0.05) is 6.20 Å². The van der Waals surface area contributed by atoms with Crippen LogP contribution in [0.4, 0.5) is 13.2 Å². The summed E-state index contributed by atoms with van der Waals surface area (Å²) >= 11 is 0. The van der Waals surface area contributed by atoms with Crippen LogP contribution in [0.3, 0.4) is 0 Å². The van der Waals surface area contributed by atoms with E-state index in [0.717, 1.165) is 29.1 Å². The molecule has 1 saturated heterocycles. The second-order valence-corrected chi connectivity index (χ2v) is 8.47. The van der Waals surface area contributed by atoms with Gasteiger partial charge in [0.1, 0.15) is 18.5 Å². The number of oxime groups is 1. The van der Waals surface area contributed by atoms with Gasteiger partial charge in [-0.15, -0.1) is 0 Å². The molecule has 0 N–H and O–H groups in total. The van der Waals surface area contributed by atoms with Crippen molar-refractivity contribution in [2.45, 2.75) is 26.0 Å². The molecule has 2 aliphatic rings. The minimum atomic E-state index is -1.50. The highest BCUT2D eigenvalue weighted by Crippen LogP contribution is 2.34. The van der Waals surface area contributed by atoms with E-state index >= 15 is 0 Å². The first-order chi connectivity index (χ1) is 16.8. The smallest absolute Gasteiger partial charge is 0.211 e. The molecular formula is C25H23F3N4O3. The molecule has 1 fully saturated rings. The van der Waals surface area contributed by atoms with Crippen LogP contribution in [0.1, 0.15) is 29.8 Å². The second kappa shape index (κ2) is 9.01. The van der Waals surface area contributed by atoms with Gasteiger partial charge in [-0.1, -0.05) is 11.2 Å². The third-order valence-corrected chi connectivity index (χ3v) is 5.92. The van der Waals surface area contributed by atoms with Crippen molar-refractivity contribution in [3.8, 4) is 11.4 Å². The highest BCUT2D eigenvalue weighted by Gasteiger charge is 2.37. The van der Waals surface area contributed by atoms with Gasteiger partial charge in [-0.2, -0.15) is 0 Å². The number of halogens is 3. The fraction of sp³-hybridized carbons (Fsp3) is 0.280. The number of methoxy groups -OCH3 is 1. The molecule has 2 aliphatic heterocycles. The van der Waals surface area contributed by atoms with E-state index in [9.17, 15) is 13.2 Å². The van der Waals surface area contributed by atoms with E-state index in [1.807, 2.05) is 47.7 Å². The van der Waals surface area contributed by atoms with Crippen LogP contribution in [-0.2, 0) is 9.57 Å². The van der Waals surface area contributed by atoms with Gasteiger partial charge in [-0.25, -0.2) is 18.2 Å². The van der Waals surface area contributed by atoms with Gasteiger partial charge >= 0.3 is 0 Å². The van der Waals surface area contributed by atoms with E-state index in [1.165, 1.54) is 0 Å². The summed E-state index contributed by atoms with van der Waals surface area (Å²) in [6.45, 7) is 4.26. The third kappa shape index (κ3) is 4.31. The van der Waals surface area contributed by atoms with Crippen molar-refractivity contribution < 1.29 is 27.5 Å². The summed E-state index contributed by atoms with van der Waals surface area (Å²) in [7, 11) is 1.59. The highest BCUT2D eigenvalue weighted by atomic mass is 19.2. The molecule has 2 atom stereocenters. The first-order valence-electron chi connectivity index (χ1n) is 11.0. The van der Waals surface area contributed by atoms with Crippen molar-refractivity contribution >= 4 is 11.9 Å². The number of imidazole rings is 1.